The van der Waals surface area contributed by atoms with E-state index in [0.717, 1.165) is 18.2 Å². The lowest BCUT2D eigenvalue weighted by Gasteiger charge is -2.21. The predicted molar refractivity (Wildman–Crippen MR) is 106 cm³/mol. The fourth-order valence-corrected chi connectivity index (χ4v) is 3.42. The first-order chi connectivity index (χ1) is 12.2. The molecule has 2 aromatic rings. The number of benzene rings is 2. The van der Waals surface area contributed by atoms with Crippen LogP contribution in [0, 0.1) is 12.8 Å². The maximum atomic E-state index is 12.7. The van der Waals surface area contributed by atoms with E-state index in [2.05, 4.69) is 23.9 Å². The maximum absolute atomic E-state index is 12.7. The van der Waals surface area contributed by atoms with Crippen LogP contribution in [0.25, 0.3) is 0 Å². The number of aryl methyl sites for hydroxylation is 1. The molecule has 0 unspecified atom stereocenters. The van der Waals surface area contributed by atoms with Crippen molar-refractivity contribution in [2.24, 2.45) is 5.92 Å². The van der Waals surface area contributed by atoms with E-state index >= 15 is 0 Å². The highest BCUT2D eigenvalue weighted by atomic mass is 32.2. The molecule has 0 saturated carbocycles. The molecule has 26 heavy (non-hydrogen) atoms. The second-order valence-corrected chi connectivity index (χ2v) is 8.72. The summed E-state index contributed by atoms with van der Waals surface area (Å²) >= 11 is 0. The summed E-state index contributed by atoms with van der Waals surface area (Å²) in [5, 5.41) is 3.10. The Morgan fingerprint density at radius 3 is 2.27 bits per heavy atom. The summed E-state index contributed by atoms with van der Waals surface area (Å²) in [6, 6.07) is 14.8. The number of hydrogen-bond donors (Lipinski definition) is 2. The molecule has 0 fully saturated rings. The van der Waals surface area contributed by atoms with E-state index in [-0.39, 0.29) is 11.9 Å². The van der Waals surface area contributed by atoms with Crippen LogP contribution in [-0.4, -0.2) is 20.6 Å². The molecular formula is C20H26N2O3S. The SMILES string of the molecule is Cc1cc(C(=O)N[C@@H](CC(C)C)c2ccccc2)ccc1NS(C)(=O)=O. The normalized spacial score (nSPS) is 12.7. The van der Waals surface area contributed by atoms with E-state index < -0.39 is 10.0 Å². The average molecular weight is 375 g/mol. The molecular weight excluding hydrogens is 348 g/mol. The van der Waals surface area contributed by atoms with Crippen molar-refractivity contribution >= 4 is 21.6 Å². The lowest BCUT2D eigenvalue weighted by atomic mass is 9.96. The molecule has 0 heterocycles. The first-order valence-corrected chi connectivity index (χ1v) is 10.5. The third-order valence-electron chi connectivity index (χ3n) is 4.00. The van der Waals surface area contributed by atoms with Gasteiger partial charge >= 0.3 is 0 Å². The Morgan fingerprint density at radius 2 is 1.73 bits per heavy atom. The lowest BCUT2D eigenvalue weighted by Crippen LogP contribution is -2.29. The van der Waals surface area contributed by atoms with Gasteiger partial charge in [-0.25, -0.2) is 8.42 Å². The van der Waals surface area contributed by atoms with Gasteiger partial charge in [-0.1, -0.05) is 44.2 Å². The zero-order valence-corrected chi connectivity index (χ0v) is 16.4. The molecule has 5 nitrogen and oxygen atoms in total. The Labute approximate surface area is 155 Å². The van der Waals surface area contributed by atoms with Gasteiger partial charge in [-0.2, -0.15) is 0 Å². The smallest absolute Gasteiger partial charge is 0.251 e. The third-order valence-corrected chi connectivity index (χ3v) is 4.59. The van der Waals surface area contributed by atoms with Gasteiger partial charge in [0.1, 0.15) is 0 Å². The zero-order chi connectivity index (χ0) is 19.3. The van der Waals surface area contributed by atoms with E-state index in [0.29, 0.717) is 22.7 Å². The van der Waals surface area contributed by atoms with Crippen molar-refractivity contribution < 1.29 is 13.2 Å². The van der Waals surface area contributed by atoms with E-state index in [9.17, 15) is 13.2 Å². The summed E-state index contributed by atoms with van der Waals surface area (Å²) in [6.07, 6.45) is 1.94. The molecule has 140 valence electrons. The Bertz CT molecular complexity index is 862. The minimum absolute atomic E-state index is 0.0715. The number of rotatable bonds is 7. The number of sulfonamides is 1. The fraction of sp³-hybridized carbons (Fsp3) is 0.350. The molecule has 0 saturated heterocycles. The molecule has 2 N–H and O–H groups in total. The summed E-state index contributed by atoms with van der Waals surface area (Å²) in [5.74, 6) is 0.261. The highest BCUT2D eigenvalue weighted by molar-refractivity contribution is 7.92. The molecule has 1 amide bonds. The van der Waals surface area contributed by atoms with Gasteiger partial charge in [-0.3, -0.25) is 9.52 Å². The molecule has 1 atom stereocenters. The topological polar surface area (TPSA) is 75.3 Å². The quantitative estimate of drug-likeness (QED) is 0.772. The van der Waals surface area contributed by atoms with E-state index in [1.807, 2.05) is 30.3 Å². The molecule has 0 aliphatic carbocycles. The number of anilines is 1. The summed E-state index contributed by atoms with van der Waals surface area (Å²) in [7, 11) is -3.35. The molecule has 0 radical (unpaired) electrons. The zero-order valence-electron chi connectivity index (χ0n) is 15.6. The lowest BCUT2D eigenvalue weighted by molar-refractivity contribution is 0.0932. The summed E-state index contributed by atoms with van der Waals surface area (Å²) < 4.78 is 25.2. The van der Waals surface area contributed by atoms with Gasteiger partial charge in [0.05, 0.1) is 18.0 Å². The number of carbonyl (C=O) groups excluding carboxylic acids is 1. The number of amides is 1. The summed E-state index contributed by atoms with van der Waals surface area (Å²) in [5.41, 5.74) is 2.75. The van der Waals surface area contributed by atoms with Crippen molar-refractivity contribution in [2.45, 2.75) is 33.2 Å². The van der Waals surface area contributed by atoms with Crippen LogP contribution >= 0.6 is 0 Å². The monoisotopic (exact) mass is 374 g/mol. The van der Waals surface area contributed by atoms with Crippen molar-refractivity contribution in [2.75, 3.05) is 11.0 Å². The molecule has 0 aliphatic rings. The van der Waals surface area contributed by atoms with Crippen molar-refractivity contribution in [3.63, 3.8) is 0 Å². The molecule has 0 spiro atoms. The molecule has 2 aromatic carbocycles. The largest absolute Gasteiger partial charge is 0.345 e. The Balaban J connectivity index is 2.20. The molecule has 0 bridgehead atoms. The van der Waals surface area contributed by atoms with Gasteiger partial charge in [0.2, 0.25) is 10.0 Å². The second-order valence-electron chi connectivity index (χ2n) is 6.97. The first-order valence-electron chi connectivity index (χ1n) is 8.60. The van der Waals surface area contributed by atoms with E-state index in [1.165, 1.54) is 0 Å². The van der Waals surface area contributed by atoms with Gasteiger partial charge < -0.3 is 5.32 Å². The van der Waals surface area contributed by atoms with Crippen LogP contribution in [0.4, 0.5) is 5.69 Å². The van der Waals surface area contributed by atoms with Gasteiger partial charge in [0.15, 0.2) is 0 Å². The van der Waals surface area contributed by atoms with E-state index in [1.54, 1.807) is 25.1 Å². The van der Waals surface area contributed by atoms with Gasteiger partial charge in [-0.05, 0) is 48.6 Å². The van der Waals surface area contributed by atoms with Crippen LogP contribution in [0.3, 0.4) is 0 Å². The van der Waals surface area contributed by atoms with Gasteiger partial charge in [0.25, 0.3) is 5.91 Å². The van der Waals surface area contributed by atoms with Gasteiger partial charge in [-0.15, -0.1) is 0 Å². The van der Waals surface area contributed by atoms with Crippen LogP contribution < -0.4 is 10.0 Å². The maximum Gasteiger partial charge on any atom is 0.251 e. The van der Waals surface area contributed by atoms with Crippen molar-refractivity contribution in [1.29, 1.82) is 0 Å². The van der Waals surface area contributed by atoms with Crippen LogP contribution in [0.1, 0.15) is 47.8 Å². The summed E-state index contributed by atoms with van der Waals surface area (Å²) in [4.78, 5) is 12.7. The van der Waals surface area contributed by atoms with Crippen molar-refractivity contribution in [3.05, 3.63) is 65.2 Å². The third kappa shape index (κ3) is 5.88. The summed E-state index contributed by atoms with van der Waals surface area (Å²) in [6.45, 7) is 6.02. The van der Waals surface area contributed by atoms with Crippen LogP contribution in [0.2, 0.25) is 0 Å². The minimum atomic E-state index is -3.35. The highest BCUT2D eigenvalue weighted by Crippen LogP contribution is 2.23. The molecule has 6 heteroatoms. The van der Waals surface area contributed by atoms with Crippen molar-refractivity contribution in [3.8, 4) is 0 Å². The molecule has 2 rings (SSSR count). The average Bonchev–Trinajstić information content (AvgIpc) is 2.55. The first kappa shape index (κ1) is 20.0. The Hall–Kier alpha value is -2.34. The Morgan fingerprint density at radius 1 is 1.08 bits per heavy atom. The fourth-order valence-electron chi connectivity index (χ4n) is 2.80. The van der Waals surface area contributed by atoms with E-state index in [4.69, 9.17) is 0 Å². The van der Waals surface area contributed by atoms with Crippen LogP contribution in [0.5, 0.6) is 0 Å². The highest BCUT2D eigenvalue weighted by Gasteiger charge is 2.18. The van der Waals surface area contributed by atoms with Crippen LogP contribution in [0.15, 0.2) is 48.5 Å². The van der Waals surface area contributed by atoms with Crippen molar-refractivity contribution in [1.82, 2.24) is 5.32 Å². The Kier molecular flexibility index (Phi) is 6.42. The van der Waals surface area contributed by atoms with Gasteiger partial charge in [0, 0.05) is 5.56 Å². The molecule has 0 aromatic heterocycles. The second kappa shape index (κ2) is 8.36. The number of nitrogens with one attached hydrogen (secondary N) is 2. The number of hydrogen-bond acceptors (Lipinski definition) is 3. The standard InChI is InChI=1S/C20H26N2O3S/c1-14(2)12-19(16-8-6-5-7-9-16)21-20(23)17-10-11-18(15(3)13-17)22-26(4,24)25/h5-11,13-14,19,22H,12H2,1-4H3,(H,21,23)/t19-/m0/s1. The molecule has 0 aliphatic heterocycles. The predicted octanol–water partition coefficient (Wildman–Crippen LogP) is 3.88. The van der Waals surface area contributed by atoms with Crippen LogP contribution in [-0.2, 0) is 10.0 Å². The number of carbonyl (C=O) groups is 1. The minimum Gasteiger partial charge on any atom is -0.345 e.